The fourth-order valence-electron chi connectivity index (χ4n) is 3.33. The molecule has 1 unspecified atom stereocenters. The molecule has 1 N–H and O–H groups in total. The van der Waals surface area contributed by atoms with Gasteiger partial charge in [-0.25, -0.2) is 0 Å². The Morgan fingerprint density at radius 3 is 2.57 bits per heavy atom. The summed E-state index contributed by atoms with van der Waals surface area (Å²) in [6.07, 6.45) is 4.20. The van der Waals surface area contributed by atoms with Gasteiger partial charge in [0, 0.05) is 31.1 Å². The van der Waals surface area contributed by atoms with Gasteiger partial charge in [-0.1, -0.05) is 37.3 Å². The van der Waals surface area contributed by atoms with Crippen molar-refractivity contribution in [1.82, 2.24) is 5.32 Å². The van der Waals surface area contributed by atoms with Crippen molar-refractivity contribution < 1.29 is 4.74 Å². The summed E-state index contributed by atoms with van der Waals surface area (Å²) in [7, 11) is 0. The first-order chi connectivity index (χ1) is 10.3. The SMILES string of the molecule is CC#CCC(NCCC)C1(c2ccccc2)CCOCC1. The highest BCUT2D eigenvalue weighted by atomic mass is 16.5. The summed E-state index contributed by atoms with van der Waals surface area (Å²) in [6, 6.07) is 11.3. The van der Waals surface area contributed by atoms with Crippen LogP contribution < -0.4 is 5.32 Å². The van der Waals surface area contributed by atoms with Gasteiger partial charge in [-0.3, -0.25) is 0 Å². The molecule has 1 atom stereocenters. The second-order valence-electron chi connectivity index (χ2n) is 5.77. The molecule has 0 spiro atoms. The van der Waals surface area contributed by atoms with Crippen LogP contribution in [0.15, 0.2) is 30.3 Å². The van der Waals surface area contributed by atoms with Crippen molar-refractivity contribution in [1.29, 1.82) is 0 Å². The van der Waals surface area contributed by atoms with Gasteiger partial charge >= 0.3 is 0 Å². The van der Waals surface area contributed by atoms with E-state index in [2.05, 4.69) is 54.4 Å². The Bertz CT molecular complexity index is 465. The van der Waals surface area contributed by atoms with E-state index in [0.717, 1.165) is 45.4 Å². The van der Waals surface area contributed by atoms with Gasteiger partial charge in [0.2, 0.25) is 0 Å². The first-order valence-electron chi connectivity index (χ1n) is 8.09. The van der Waals surface area contributed by atoms with Gasteiger partial charge in [0.25, 0.3) is 0 Å². The molecule has 0 bridgehead atoms. The lowest BCUT2D eigenvalue weighted by Crippen LogP contribution is -2.51. The Balaban J connectivity index is 2.32. The van der Waals surface area contributed by atoms with Crippen LogP contribution in [0.1, 0.15) is 45.1 Å². The second-order valence-corrected chi connectivity index (χ2v) is 5.77. The largest absolute Gasteiger partial charge is 0.381 e. The molecule has 0 aromatic heterocycles. The third-order valence-electron chi connectivity index (χ3n) is 4.52. The topological polar surface area (TPSA) is 21.3 Å². The van der Waals surface area contributed by atoms with Crippen LogP contribution in [0.3, 0.4) is 0 Å². The van der Waals surface area contributed by atoms with E-state index in [4.69, 9.17) is 4.74 Å². The molecule has 1 heterocycles. The van der Waals surface area contributed by atoms with E-state index in [0.29, 0.717) is 6.04 Å². The molecule has 2 nitrogen and oxygen atoms in total. The molecule has 0 saturated carbocycles. The number of hydrogen-bond acceptors (Lipinski definition) is 2. The number of benzene rings is 1. The number of hydrogen-bond donors (Lipinski definition) is 1. The summed E-state index contributed by atoms with van der Waals surface area (Å²) in [6.45, 7) is 6.88. The fourth-order valence-corrected chi connectivity index (χ4v) is 3.33. The number of ether oxygens (including phenoxy) is 1. The average molecular weight is 285 g/mol. The Hall–Kier alpha value is -1.30. The number of rotatable bonds is 6. The van der Waals surface area contributed by atoms with E-state index < -0.39 is 0 Å². The van der Waals surface area contributed by atoms with Crippen molar-refractivity contribution in [2.75, 3.05) is 19.8 Å². The monoisotopic (exact) mass is 285 g/mol. The van der Waals surface area contributed by atoms with Crippen LogP contribution in [0.25, 0.3) is 0 Å². The predicted molar refractivity (Wildman–Crippen MR) is 88.3 cm³/mol. The summed E-state index contributed by atoms with van der Waals surface area (Å²) in [4.78, 5) is 0. The highest BCUT2D eigenvalue weighted by molar-refractivity contribution is 5.29. The van der Waals surface area contributed by atoms with Crippen LogP contribution in [0.4, 0.5) is 0 Å². The summed E-state index contributed by atoms with van der Waals surface area (Å²) >= 11 is 0. The quantitative estimate of drug-likeness (QED) is 0.808. The third kappa shape index (κ3) is 3.87. The zero-order valence-electron chi connectivity index (χ0n) is 13.3. The van der Waals surface area contributed by atoms with Crippen LogP contribution in [0.5, 0.6) is 0 Å². The Morgan fingerprint density at radius 1 is 1.24 bits per heavy atom. The molecular formula is C19H27NO. The second kappa shape index (κ2) is 8.22. The van der Waals surface area contributed by atoms with E-state index in [9.17, 15) is 0 Å². The van der Waals surface area contributed by atoms with Crippen LogP contribution in [0, 0.1) is 11.8 Å². The van der Waals surface area contributed by atoms with Crippen LogP contribution >= 0.6 is 0 Å². The molecule has 1 aliphatic rings. The maximum atomic E-state index is 5.64. The summed E-state index contributed by atoms with van der Waals surface area (Å²) in [5, 5.41) is 3.76. The zero-order chi connectivity index (χ0) is 15.0. The average Bonchev–Trinajstić information content (AvgIpc) is 2.56. The van der Waals surface area contributed by atoms with Crippen molar-refractivity contribution in [2.45, 2.75) is 51.0 Å². The molecule has 114 valence electrons. The van der Waals surface area contributed by atoms with Crippen LogP contribution in [-0.2, 0) is 10.2 Å². The molecule has 1 fully saturated rings. The van der Waals surface area contributed by atoms with Crippen molar-refractivity contribution >= 4 is 0 Å². The molecule has 2 rings (SSSR count). The molecule has 2 heteroatoms. The van der Waals surface area contributed by atoms with Crippen molar-refractivity contribution in [3.8, 4) is 11.8 Å². The van der Waals surface area contributed by atoms with Gasteiger partial charge < -0.3 is 10.1 Å². The van der Waals surface area contributed by atoms with Crippen molar-refractivity contribution in [3.63, 3.8) is 0 Å². The van der Waals surface area contributed by atoms with Crippen LogP contribution in [0.2, 0.25) is 0 Å². The summed E-state index contributed by atoms with van der Waals surface area (Å²) < 4.78 is 5.64. The fraction of sp³-hybridized carbons (Fsp3) is 0.579. The first kappa shape index (κ1) is 16.1. The third-order valence-corrected chi connectivity index (χ3v) is 4.52. The summed E-state index contributed by atoms with van der Waals surface area (Å²) in [5.41, 5.74) is 1.58. The lowest BCUT2D eigenvalue weighted by Gasteiger charge is -2.44. The minimum Gasteiger partial charge on any atom is -0.381 e. The van der Waals surface area contributed by atoms with E-state index >= 15 is 0 Å². The molecule has 21 heavy (non-hydrogen) atoms. The first-order valence-corrected chi connectivity index (χ1v) is 8.09. The lowest BCUT2D eigenvalue weighted by atomic mass is 9.67. The van der Waals surface area contributed by atoms with Crippen LogP contribution in [-0.4, -0.2) is 25.8 Å². The molecular weight excluding hydrogens is 258 g/mol. The highest BCUT2D eigenvalue weighted by Crippen LogP contribution is 2.39. The van der Waals surface area contributed by atoms with Gasteiger partial charge in [0.1, 0.15) is 0 Å². The van der Waals surface area contributed by atoms with Gasteiger partial charge in [-0.05, 0) is 38.3 Å². The molecule has 1 aromatic rings. The maximum Gasteiger partial charge on any atom is 0.0475 e. The van der Waals surface area contributed by atoms with Gasteiger partial charge in [-0.2, -0.15) is 0 Å². The smallest absolute Gasteiger partial charge is 0.0475 e. The maximum absolute atomic E-state index is 5.64. The van der Waals surface area contributed by atoms with Gasteiger partial charge in [0.05, 0.1) is 0 Å². The van der Waals surface area contributed by atoms with Crippen molar-refractivity contribution in [3.05, 3.63) is 35.9 Å². The summed E-state index contributed by atoms with van der Waals surface area (Å²) in [5.74, 6) is 6.36. The van der Waals surface area contributed by atoms with Crippen molar-refractivity contribution in [2.24, 2.45) is 0 Å². The van der Waals surface area contributed by atoms with E-state index in [1.54, 1.807) is 0 Å². The van der Waals surface area contributed by atoms with Gasteiger partial charge in [0.15, 0.2) is 0 Å². The van der Waals surface area contributed by atoms with E-state index in [1.807, 2.05) is 6.92 Å². The Morgan fingerprint density at radius 2 is 1.95 bits per heavy atom. The molecule has 0 radical (unpaired) electrons. The predicted octanol–water partition coefficient (Wildman–Crippen LogP) is 3.52. The molecule has 1 saturated heterocycles. The zero-order valence-corrected chi connectivity index (χ0v) is 13.3. The number of nitrogens with one attached hydrogen (secondary N) is 1. The minimum absolute atomic E-state index is 0.151. The Labute approximate surface area is 129 Å². The molecule has 0 aliphatic carbocycles. The Kier molecular flexibility index (Phi) is 6.29. The van der Waals surface area contributed by atoms with Gasteiger partial charge in [-0.15, -0.1) is 11.8 Å². The van der Waals surface area contributed by atoms with E-state index in [-0.39, 0.29) is 5.41 Å². The molecule has 0 amide bonds. The normalized spacial score (nSPS) is 18.6. The molecule has 1 aliphatic heterocycles. The highest BCUT2D eigenvalue weighted by Gasteiger charge is 2.41. The lowest BCUT2D eigenvalue weighted by molar-refractivity contribution is 0.0350. The minimum atomic E-state index is 0.151. The van der Waals surface area contributed by atoms with E-state index in [1.165, 1.54) is 5.56 Å². The molecule has 1 aromatic carbocycles. The standard InChI is InChI=1S/C19H27NO/c1-3-5-11-18(20-14-4-2)19(12-15-21-16-13-19)17-9-7-6-8-10-17/h6-10,18,20H,4,11-16H2,1-2H3.